The van der Waals surface area contributed by atoms with E-state index in [4.69, 9.17) is 22.1 Å². The Hall–Kier alpha value is -4.09. The number of imidazole rings is 1. The number of unbranched alkanes of at least 4 members (excludes halogenated alkanes) is 1. The van der Waals surface area contributed by atoms with Gasteiger partial charge in [0.05, 0.1) is 12.1 Å². The summed E-state index contributed by atoms with van der Waals surface area (Å²) in [6.07, 6.45) is 2.55. The van der Waals surface area contributed by atoms with E-state index in [1.54, 1.807) is 19.0 Å². The molecule has 4 rings (SSSR count). The number of likely N-dealkylation sites (N-methyl/N-ethyl adjacent to an activating group) is 1. The van der Waals surface area contributed by atoms with E-state index in [0.29, 0.717) is 23.2 Å². The third kappa shape index (κ3) is 6.91. The molecule has 2 heterocycles. The number of esters is 1. The summed E-state index contributed by atoms with van der Waals surface area (Å²) < 4.78 is 7.61. The normalized spacial score (nSPS) is 12.0. The molecule has 2 aromatic heterocycles. The Morgan fingerprint density at radius 3 is 2.48 bits per heavy atom. The highest BCUT2D eigenvalue weighted by Gasteiger charge is 2.26. The highest BCUT2D eigenvalue weighted by atomic mass is 35.5. The van der Waals surface area contributed by atoms with Crippen molar-refractivity contribution in [2.45, 2.75) is 51.8 Å². The molecule has 0 aliphatic rings. The minimum atomic E-state index is -0.782. The molecule has 0 bridgehead atoms. The number of tetrazole rings is 1. The summed E-state index contributed by atoms with van der Waals surface area (Å²) >= 11 is 6.55. The molecule has 0 saturated carbocycles. The van der Waals surface area contributed by atoms with E-state index in [0.717, 1.165) is 47.3 Å². The fraction of sp³-hybridized carbons (Fsp3) is 0.357. The molecule has 1 atom stereocenters. The predicted molar refractivity (Wildman–Crippen MR) is 151 cm³/mol. The average Bonchev–Trinajstić information content (AvgIpc) is 3.58. The molecule has 0 fully saturated rings. The summed E-state index contributed by atoms with van der Waals surface area (Å²) in [6, 6.07) is 15.3. The molecule has 40 heavy (non-hydrogen) atoms. The Morgan fingerprint density at radius 1 is 1.12 bits per heavy atom. The van der Waals surface area contributed by atoms with E-state index in [9.17, 15) is 9.59 Å². The molecule has 0 spiro atoms. The summed E-state index contributed by atoms with van der Waals surface area (Å²) in [6.45, 7) is 2.54. The number of ether oxygens (including phenoxy) is 1. The van der Waals surface area contributed by atoms with Crippen molar-refractivity contribution in [2.75, 3.05) is 14.1 Å². The quantitative estimate of drug-likeness (QED) is 0.234. The number of carbonyl (C=O) groups excluding carboxylic acids is 2. The molecule has 1 unspecified atom stereocenters. The monoisotopic (exact) mass is 564 g/mol. The standard InChI is InChI=1S/C28H33ClN8O3/c1-4-5-10-25-31-26(29)23(17-40-28(39)22(36(2)3)15-24(30)38)37(25)16-18-11-13-19(14-12-18)20-8-6-7-9-21(20)27-32-34-35-33-27/h6-9,11-14,22H,4-5,10,15-17H2,1-3H3,(H2,30,38)(H,32,33,34,35). The number of amides is 1. The van der Waals surface area contributed by atoms with Gasteiger partial charge in [0, 0.05) is 18.5 Å². The number of H-pyrrole nitrogens is 1. The van der Waals surface area contributed by atoms with Crippen molar-refractivity contribution in [1.29, 1.82) is 0 Å². The van der Waals surface area contributed by atoms with Gasteiger partial charge < -0.3 is 15.0 Å². The van der Waals surface area contributed by atoms with E-state index in [-0.39, 0.29) is 13.0 Å². The number of benzene rings is 2. The van der Waals surface area contributed by atoms with Crippen LogP contribution in [0.2, 0.25) is 5.15 Å². The third-order valence-electron chi connectivity index (χ3n) is 6.62. The second-order valence-electron chi connectivity index (χ2n) is 9.69. The zero-order valence-electron chi connectivity index (χ0n) is 22.8. The number of carbonyl (C=O) groups is 2. The van der Waals surface area contributed by atoms with Gasteiger partial charge >= 0.3 is 5.97 Å². The van der Waals surface area contributed by atoms with Crippen LogP contribution in [0.3, 0.4) is 0 Å². The average molecular weight is 565 g/mol. The molecule has 0 radical (unpaired) electrons. The van der Waals surface area contributed by atoms with Gasteiger partial charge in [-0.2, -0.15) is 5.21 Å². The van der Waals surface area contributed by atoms with Crippen LogP contribution in [0, 0.1) is 0 Å². The molecule has 2 aromatic carbocycles. The molecular formula is C28H33ClN8O3. The highest BCUT2D eigenvalue weighted by molar-refractivity contribution is 6.30. The summed E-state index contributed by atoms with van der Waals surface area (Å²) in [5.41, 5.74) is 9.83. The number of nitrogens with zero attached hydrogens (tertiary/aromatic N) is 6. The van der Waals surface area contributed by atoms with E-state index in [2.05, 4.69) is 32.5 Å². The second-order valence-corrected chi connectivity index (χ2v) is 10.0. The van der Waals surface area contributed by atoms with E-state index in [1.807, 2.05) is 53.1 Å². The van der Waals surface area contributed by atoms with Crippen LogP contribution in [0.5, 0.6) is 0 Å². The van der Waals surface area contributed by atoms with E-state index in [1.165, 1.54) is 0 Å². The van der Waals surface area contributed by atoms with Crippen LogP contribution in [-0.4, -0.2) is 67.1 Å². The number of aryl methyl sites for hydroxylation is 1. The first-order valence-electron chi connectivity index (χ1n) is 13.1. The molecule has 0 aliphatic heterocycles. The maximum Gasteiger partial charge on any atom is 0.324 e. The minimum Gasteiger partial charge on any atom is -0.458 e. The topological polar surface area (TPSA) is 145 Å². The summed E-state index contributed by atoms with van der Waals surface area (Å²) in [7, 11) is 3.39. The van der Waals surface area contributed by atoms with E-state index >= 15 is 0 Å². The Morgan fingerprint density at radius 2 is 1.85 bits per heavy atom. The first kappa shape index (κ1) is 28.9. The first-order chi connectivity index (χ1) is 19.3. The van der Waals surface area contributed by atoms with Gasteiger partial charge in [-0.1, -0.05) is 73.5 Å². The molecule has 11 nitrogen and oxygen atoms in total. The number of rotatable bonds is 13. The van der Waals surface area contributed by atoms with Crippen molar-refractivity contribution >= 4 is 23.5 Å². The maximum atomic E-state index is 12.8. The smallest absolute Gasteiger partial charge is 0.324 e. The molecule has 0 saturated heterocycles. The van der Waals surface area contributed by atoms with Gasteiger partial charge in [0.1, 0.15) is 18.5 Å². The number of halogens is 1. The van der Waals surface area contributed by atoms with Crippen LogP contribution >= 0.6 is 11.6 Å². The Bertz CT molecular complexity index is 1430. The predicted octanol–water partition coefficient (Wildman–Crippen LogP) is 3.62. The molecule has 4 aromatic rings. The maximum absolute atomic E-state index is 12.8. The van der Waals surface area contributed by atoms with Crippen molar-refractivity contribution < 1.29 is 14.3 Å². The first-order valence-corrected chi connectivity index (χ1v) is 13.4. The number of hydrogen-bond acceptors (Lipinski definition) is 8. The van der Waals surface area contributed by atoms with E-state index < -0.39 is 17.9 Å². The number of nitrogens with two attached hydrogens (primary N) is 1. The SMILES string of the molecule is CCCCc1nc(Cl)c(COC(=O)C(CC(N)=O)N(C)C)n1Cc1ccc(-c2ccccc2-c2nn[nH]n2)cc1. The van der Waals surface area contributed by atoms with Crippen LogP contribution in [0.25, 0.3) is 22.5 Å². The van der Waals surface area contributed by atoms with Crippen molar-refractivity contribution in [3.8, 4) is 22.5 Å². The number of aromatic amines is 1. The second kappa shape index (κ2) is 13.3. The summed E-state index contributed by atoms with van der Waals surface area (Å²) in [5.74, 6) is 0.224. The molecular weight excluding hydrogens is 532 g/mol. The van der Waals surface area contributed by atoms with Crippen molar-refractivity contribution in [3.05, 3.63) is 70.8 Å². The molecule has 12 heteroatoms. The molecule has 0 aliphatic carbocycles. The fourth-order valence-electron chi connectivity index (χ4n) is 4.44. The Labute approximate surface area is 237 Å². The largest absolute Gasteiger partial charge is 0.458 e. The number of primary amides is 1. The summed E-state index contributed by atoms with van der Waals surface area (Å²) in [4.78, 5) is 30.4. The lowest BCUT2D eigenvalue weighted by Gasteiger charge is -2.21. The Kier molecular flexibility index (Phi) is 9.62. The highest BCUT2D eigenvalue weighted by Crippen LogP contribution is 2.30. The zero-order chi connectivity index (χ0) is 28.6. The molecule has 3 N–H and O–H groups in total. The lowest BCUT2D eigenvalue weighted by atomic mass is 9.98. The van der Waals surface area contributed by atoms with Crippen LogP contribution in [0.4, 0.5) is 0 Å². The summed E-state index contributed by atoms with van der Waals surface area (Å²) in [5, 5.41) is 14.7. The van der Waals surface area contributed by atoms with Gasteiger partial charge in [-0.05, 0) is 42.4 Å². The fourth-order valence-corrected chi connectivity index (χ4v) is 4.69. The van der Waals surface area contributed by atoms with Gasteiger partial charge in [0.15, 0.2) is 5.15 Å². The lowest BCUT2D eigenvalue weighted by Crippen LogP contribution is -2.40. The molecule has 210 valence electrons. The van der Waals surface area contributed by atoms with Crippen LogP contribution in [0.1, 0.15) is 43.3 Å². The van der Waals surface area contributed by atoms with Gasteiger partial charge in [0.25, 0.3) is 0 Å². The van der Waals surface area contributed by atoms with Gasteiger partial charge in [-0.15, -0.1) is 10.2 Å². The molecule has 1 amide bonds. The van der Waals surface area contributed by atoms with Crippen LogP contribution in [0.15, 0.2) is 48.5 Å². The van der Waals surface area contributed by atoms with Gasteiger partial charge in [-0.25, -0.2) is 4.98 Å². The number of aromatic nitrogens is 6. The third-order valence-corrected chi connectivity index (χ3v) is 6.92. The number of nitrogens with one attached hydrogen (secondary N) is 1. The van der Waals surface area contributed by atoms with Crippen LogP contribution < -0.4 is 5.73 Å². The Balaban J connectivity index is 1.57. The van der Waals surface area contributed by atoms with Crippen molar-refractivity contribution in [1.82, 2.24) is 35.1 Å². The minimum absolute atomic E-state index is 0.0734. The van der Waals surface area contributed by atoms with Gasteiger partial charge in [-0.3, -0.25) is 14.5 Å². The van der Waals surface area contributed by atoms with Crippen molar-refractivity contribution in [2.24, 2.45) is 5.73 Å². The van der Waals surface area contributed by atoms with Crippen LogP contribution in [-0.2, 0) is 33.9 Å². The number of hydrogen-bond donors (Lipinski definition) is 2. The lowest BCUT2D eigenvalue weighted by molar-refractivity contribution is -0.152. The van der Waals surface area contributed by atoms with Gasteiger partial charge in [0.2, 0.25) is 11.7 Å². The zero-order valence-corrected chi connectivity index (χ0v) is 23.6. The van der Waals surface area contributed by atoms with Crippen molar-refractivity contribution in [3.63, 3.8) is 0 Å².